The number of thiazole rings is 1. The smallest absolute Gasteiger partial charge is 0.127 e. The van der Waals surface area contributed by atoms with Crippen molar-refractivity contribution in [2.45, 2.75) is 25.8 Å². The van der Waals surface area contributed by atoms with Crippen LogP contribution in [0.2, 0.25) is 0 Å². The Labute approximate surface area is 125 Å². The lowest BCUT2D eigenvalue weighted by Crippen LogP contribution is -2.23. The largest absolute Gasteiger partial charge is 0.309 e. The van der Waals surface area contributed by atoms with Gasteiger partial charge < -0.3 is 5.32 Å². The third-order valence-corrected chi connectivity index (χ3v) is 4.26. The summed E-state index contributed by atoms with van der Waals surface area (Å²) in [5.41, 5.74) is 2.54. The molecule has 5 heteroatoms. The quantitative estimate of drug-likeness (QED) is 0.845. The predicted molar refractivity (Wildman–Crippen MR) is 81.0 cm³/mol. The van der Waals surface area contributed by atoms with Gasteiger partial charge in [0.2, 0.25) is 0 Å². The Bertz CT molecular complexity index is 516. The number of nitrogens with zero attached hydrogens (tertiary/aromatic N) is 1. The van der Waals surface area contributed by atoms with Crippen molar-refractivity contribution in [2.75, 3.05) is 6.54 Å². The molecule has 0 saturated heterocycles. The van der Waals surface area contributed by atoms with Gasteiger partial charge in [-0.15, -0.1) is 11.3 Å². The third kappa shape index (κ3) is 4.09. The van der Waals surface area contributed by atoms with Crippen molar-refractivity contribution in [1.29, 1.82) is 0 Å². The Balaban J connectivity index is 2.15. The van der Waals surface area contributed by atoms with Crippen molar-refractivity contribution in [2.24, 2.45) is 0 Å². The average molecular weight is 343 g/mol. The van der Waals surface area contributed by atoms with Gasteiger partial charge >= 0.3 is 0 Å². The highest BCUT2D eigenvalue weighted by atomic mass is 79.9. The highest BCUT2D eigenvalue weighted by Gasteiger charge is 2.15. The van der Waals surface area contributed by atoms with E-state index >= 15 is 0 Å². The zero-order valence-corrected chi connectivity index (χ0v) is 13.1. The fourth-order valence-corrected chi connectivity index (χ4v) is 2.93. The normalized spacial score (nSPS) is 12.6. The van der Waals surface area contributed by atoms with E-state index in [0.29, 0.717) is 6.42 Å². The van der Waals surface area contributed by atoms with Gasteiger partial charge in [0.25, 0.3) is 0 Å². The molecule has 0 aliphatic rings. The molecule has 1 atom stereocenters. The maximum atomic E-state index is 13.9. The summed E-state index contributed by atoms with van der Waals surface area (Å²) in [7, 11) is 0. The molecule has 1 aromatic carbocycles. The molecule has 0 radical (unpaired) electrons. The van der Waals surface area contributed by atoms with Crippen LogP contribution in [0, 0.1) is 5.82 Å². The van der Waals surface area contributed by atoms with Crippen LogP contribution in [0.4, 0.5) is 4.39 Å². The monoisotopic (exact) mass is 342 g/mol. The summed E-state index contributed by atoms with van der Waals surface area (Å²) in [6.45, 7) is 3.04. The van der Waals surface area contributed by atoms with Gasteiger partial charge in [-0.3, -0.25) is 4.98 Å². The van der Waals surface area contributed by atoms with E-state index in [1.165, 1.54) is 6.07 Å². The first kappa shape index (κ1) is 14.6. The lowest BCUT2D eigenvalue weighted by molar-refractivity contribution is 0.518. The van der Waals surface area contributed by atoms with Gasteiger partial charge in [-0.2, -0.15) is 0 Å². The summed E-state index contributed by atoms with van der Waals surface area (Å²) in [4.78, 5) is 5.26. The standard InChI is InChI=1S/C14H16BrFN2S/c1-2-5-18-13(14-8-17-9-19-14)6-10-3-4-11(15)7-12(10)16/h3-4,7-9,13,18H,2,5-6H2,1H3. The second-order valence-electron chi connectivity index (χ2n) is 4.35. The molecule has 0 fully saturated rings. The molecular weight excluding hydrogens is 327 g/mol. The minimum absolute atomic E-state index is 0.128. The highest BCUT2D eigenvalue weighted by Crippen LogP contribution is 2.24. The van der Waals surface area contributed by atoms with Crippen LogP contribution in [0.3, 0.4) is 0 Å². The van der Waals surface area contributed by atoms with Crippen molar-refractivity contribution < 1.29 is 4.39 Å². The molecular formula is C14H16BrFN2S. The summed E-state index contributed by atoms with van der Waals surface area (Å²) in [6.07, 6.45) is 3.55. The number of rotatable bonds is 6. The maximum absolute atomic E-state index is 13.9. The van der Waals surface area contributed by atoms with Crippen molar-refractivity contribution in [3.63, 3.8) is 0 Å². The Hall–Kier alpha value is -0.780. The third-order valence-electron chi connectivity index (χ3n) is 2.87. The topological polar surface area (TPSA) is 24.9 Å². The van der Waals surface area contributed by atoms with E-state index < -0.39 is 0 Å². The fraction of sp³-hybridized carbons (Fsp3) is 0.357. The van der Waals surface area contributed by atoms with Crippen LogP contribution < -0.4 is 5.32 Å². The van der Waals surface area contributed by atoms with Crippen LogP contribution in [0.25, 0.3) is 0 Å². The van der Waals surface area contributed by atoms with Crippen LogP contribution in [0.15, 0.2) is 34.4 Å². The van der Waals surface area contributed by atoms with Gasteiger partial charge in [-0.25, -0.2) is 4.39 Å². The molecule has 19 heavy (non-hydrogen) atoms. The lowest BCUT2D eigenvalue weighted by Gasteiger charge is -2.17. The minimum atomic E-state index is -0.165. The molecule has 102 valence electrons. The maximum Gasteiger partial charge on any atom is 0.127 e. The summed E-state index contributed by atoms with van der Waals surface area (Å²) < 4.78 is 14.7. The number of hydrogen-bond donors (Lipinski definition) is 1. The molecule has 0 bridgehead atoms. The SMILES string of the molecule is CCCNC(Cc1ccc(Br)cc1F)c1cncs1. The van der Waals surface area contributed by atoms with Crippen molar-refractivity contribution in [3.8, 4) is 0 Å². The van der Waals surface area contributed by atoms with E-state index in [-0.39, 0.29) is 11.9 Å². The molecule has 2 rings (SSSR count). The summed E-state index contributed by atoms with van der Waals surface area (Å²) in [6, 6.07) is 5.35. The second kappa shape index (κ2) is 7.12. The van der Waals surface area contributed by atoms with Gasteiger partial charge in [0.1, 0.15) is 5.82 Å². The number of aromatic nitrogens is 1. The van der Waals surface area contributed by atoms with Gasteiger partial charge in [-0.05, 0) is 37.1 Å². The summed E-state index contributed by atoms with van der Waals surface area (Å²) >= 11 is 4.88. The first-order chi connectivity index (χ1) is 9.20. The highest BCUT2D eigenvalue weighted by molar-refractivity contribution is 9.10. The molecule has 1 unspecified atom stereocenters. The fourth-order valence-electron chi connectivity index (χ4n) is 1.90. The number of nitrogens with one attached hydrogen (secondary N) is 1. The molecule has 1 aromatic heterocycles. The molecule has 2 aromatic rings. The Morgan fingerprint density at radius 3 is 2.95 bits per heavy atom. The molecule has 0 amide bonds. The zero-order valence-electron chi connectivity index (χ0n) is 10.7. The van der Waals surface area contributed by atoms with Crippen LogP contribution in [0.1, 0.15) is 29.8 Å². The van der Waals surface area contributed by atoms with Crippen LogP contribution in [-0.4, -0.2) is 11.5 Å². The van der Waals surface area contributed by atoms with E-state index in [2.05, 4.69) is 33.2 Å². The molecule has 1 heterocycles. The van der Waals surface area contributed by atoms with E-state index in [0.717, 1.165) is 27.9 Å². The van der Waals surface area contributed by atoms with Gasteiger partial charge in [0.05, 0.1) is 5.51 Å². The lowest BCUT2D eigenvalue weighted by atomic mass is 10.0. The molecule has 1 N–H and O–H groups in total. The Kier molecular flexibility index (Phi) is 5.48. The van der Waals surface area contributed by atoms with Gasteiger partial charge in [0, 0.05) is 21.6 Å². The van der Waals surface area contributed by atoms with Gasteiger partial charge in [0.15, 0.2) is 0 Å². The van der Waals surface area contributed by atoms with Crippen molar-refractivity contribution >= 4 is 27.3 Å². The van der Waals surface area contributed by atoms with E-state index in [4.69, 9.17) is 0 Å². The molecule has 0 spiro atoms. The van der Waals surface area contributed by atoms with Crippen molar-refractivity contribution in [3.05, 3.63) is 50.6 Å². The first-order valence-corrected chi connectivity index (χ1v) is 7.93. The van der Waals surface area contributed by atoms with E-state index in [9.17, 15) is 4.39 Å². The van der Waals surface area contributed by atoms with Crippen molar-refractivity contribution in [1.82, 2.24) is 10.3 Å². The van der Waals surface area contributed by atoms with Crippen LogP contribution >= 0.6 is 27.3 Å². The van der Waals surface area contributed by atoms with Crippen LogP contribution in [-0.2, 0) is 6.42 Å². The number of halogens is 2. The van der Waals surface area contributed by atoms with Crippen LogP contribution in [0.5, 0.6) is 0 Å². The van der Waals surface area contributed by atoms with E-state index in [1.807, 2.05) is 23.8 Å². The van der Waals surface area contributed by atoms with Gasteiger partial charge in [-0.1, -0.05) is 28.9 Å². The Morgan fingerprint density at radius 2 is 2.32 bits per heavy atom. The van der Waals surface area contributed by atoms with E-state index in [1.54, 1.807) is 11.3 Å². The number of hydrogen-bond acceptors (Lipinski definition) is 3. The first-order valence-electron chi connectivity index (χ1n) is 6.26. The molecule has 0 saturated carbocycles. The number of benzene rings is 1. The summed E-state index contributed by atoms with van der Waals surface area (Å²) in [5, 5.41) is 3.45. The minimum Gasteiger partial charge on any atom is -0.309 e. The Morgan fingerprint density at radius 1 is 1.47 bits per heavy atom. The predicted octanol–water partition coefficient (Wildman–Crippen LogP) is 4.33. The zero-order chi connectivity index (χ0) is 13.7. The molecule has 0 aliphatic carbocycles. The molecule has 2 nitrogen and oxygen atoms in total. The second-order valence-corrected chi connectivity index (χ2v) is 6.18. The average Bonchev–Trinajstić information content (AvgIpc) is 2.90. The molecule has 0 aliphatic heterocycles. The summed E-state index contributed by atoms with van der Waals surface area (Å²) in [5.74, 6) is -0.165.